The fourth-order valence-electron chi connectivity index (χ4n) is 5.81. The molecule has 0 bridgehead atoms. The first-order valence-corrected chi connectivity index (χ1v) is 28.3. The highest BCUT2D eigenvalue weighted by atomic mass is 79.9. The average molecular weight is 1420 g/mol. The Kier molecular flexibility index (Phi) is 30.0. The van der Waals surface area contributed by atoms with Gasteiger partial charge in [-0.1, -0.05) is 108 Å². The van der Waals surface area contributed by atoms with Crippen molar-refractivity contribution in [3.63, 3.8) is 0 Å². The van der Waals surface area contributed by atoms with E-state index in [-0.39, 0.29) is 17.9 Å². The van der Waals surface area contributed by atoms with Crippen LogP contribution in [-0.2, 0) is 18.9 Å². The predicted molar refractivity (Wildman–Crippen MR) is 308 cm³/mol. The van der Waals surface area contributed by atoms with E-state index in [1.165, 1.54) is 4.90 Å². The third-order valence-electron chi connectivity index (χ3n) is 8.75. The molecule has 0 aromatic heterocycles. The summed E-state index contributed by atoms with van der Waals surface area (Å²) in [4.78, 5) is 59.2. The SMILES string of the molecule is CC(C)(C)OC(=O)NCCCCOc1cc(Br)cc(Br)c1.CC(C)(C)OC(=O)OC(=O)OC(C)(C)C.NCCCCOc1cc(Br)cc(Br)c1.O=C1c2ccccc2C(=O)N1CCCCOc1cc(Br)cc(Br)c1. The highest BCUT2D eigenvalue weighted by Gasteiger charge is 2.34. The molecule has 1 heterocycles. The van der Waals surface area contributed by atoms with Crippen molar-refractivity contribution >= 4 is 126 Å². The van der Waals surface area contributed by atoms with Crippen LogP contribution in [0.25, 0.3) is 0 Å². The third-order valence-corrected chi connectivity index (χ3v) is 11.5. The van der Waals surface area contributed by atoms with E-state index < -0.39 is 29.1 Å². The van der Waals surface area contributed by atoms with Gasteiger partial charge < -0.3 is 44.2 Å². The van der Waals surface area contributed by atoms with Crippen molar-refractivity contribution in [2.24, 2.45) is 5.73 Å². The Labute approximate surface area is 486 Å². The number of imide groups is 1. The molecule has 74 heavy (non-hydrogen) atoms. The quantitative estimate of drug-likeness (QED) is 0.0334. The third kappa shape index (κ3) is 30.1. The molecule has 3 N–H and O–H groups in total. The molecule has 21 heteroatoms. The van der Waals surface area contributed by atoms with Crippen LogP contribution < -0.4 is 25.3 Å². The Bertz CT molecular complexity index is 2320. The van der Waals surface area contributed by atoms with Gasteiger partial charge in [-0.25, -0.2) is 14.4 Å². The Balaban J connectivity index is 0.000000347. The maximum Gasteiger partial charge on any atom is 0.519 e. The van der Waals surface area contributed by atoms with Gasteiger partial charge in [0.2, 0.25) is 0 Å². The number of alkyl carbamates (subject to hydrolysis) is 1. The summed E-state index contributed by atoms with van der Waals surface area (Å²) in [7, 11) is 0. The largest absolute Gasteiger partial charge is 0.519 e. The lowest BCUT2D eigenvalue weighted by Crippen LogP contribution is -2.33. The first-order chi connectivity index (χ1) is 34.5. The normalized spacial score (nSPS) is 11.8. The van der Waals surface area contributed by atoms with Gasteiger partial charge in [0.15, 0.2) is 0 Å². The van der Waals surface area contributed by atoms with Gasteiger partial charge >= 0.3 is 18.4 Å². The summed E-state index contributed by atoms with van der Waals surface area (Å²) >= 11 is 20.5. The van der Waals surface area contributed by atoms with Gasteiger partial charge in [0.25, 0.3) is 11.8 Å². The van der Waals surface area contributed by atoms with Crippen molar-refractivity contribution in [1.29, 1.82) is 0 Å². The number of halogens is 6. The molecule has 3 amide bonds. The van der Waals surface area contributed by atoms with Crippen molar-refractivity contribution in [1.82, 2.24) is 10.2 Å². The first kappa shape index (κ1) is 66.4. The van der Waals surface area contributed by atoms with Crippen molar-refractivity contribution in [2.45, 2.75) is 118 Å². The van der Waals surface area contributed by atoms with Gasteiger partial charge in [0.1, 0.15) is 34.1 Å². The number of hydrogen-bond acceptors (Lipinski definition) is 13. The predicted octanol–water partition coefficient (Wildman–Crippen LogP) is 15.8. The van der Waals surface area contributed by atoms with E-state index in [4.69, 9.17) is 34.2 Å². The number of hydrogen-bond donors (Lipinski definition) is 2. The van der Waals surface area contributed by atoms with Crippen molar-refractivity contribution in [3.8, 4) is 17.2 Å². The zero-order valence-electron chi connectivity index (χ0n) is 43.2. The molecule has 408 valence electrons. The smallest absolute Gasteiger partial charge is 0.494 e. The lowest BCUT2D eigenvalue weighted by Gasteiger charge is -2.20. The highest BCUT2D eigenvalue weighted by molar-refractivity contribution is 9.11. The van der Waals surface area contributed by atoms with E-state index in [1.54, 1.807) is 65.8 Å². The van der Waals surface area contributed by atoms with Crippen molar-refractivity contribution in [2.75, 3.05) is 39.5 Å². The Morgan fingerprint density at radius 3 is 1.18 bits per heavy atom. The van der Waals surface area contributed by atoms with E-state index in [1.807, 2.05) is 75.4 Å². The number of fused-ring (bicyclic) bond motifs is 1. The van der Waals surface area contributed by atoms with Crippen LogP contribution in [0.15, 0.2) is 106 Å². The van der Waals surface area contributed by atoms with Gasteiger partial charge in [0.05, 0.1) is 30.9 Å². The Morgan fingerprint density at radius 2 is 0.838 bits per heavy atom. The number of nitrogens with zero attached hydrogens (tertiary/aromatic N) is 1. The van der Waals surface area contributed by atoms with Crippen LogP contribution in [0.3, 0.4) is 0 Å². The van der Waals surface area contributed by atoms with E-state index >= 15 is 0 Å². The van der Waals surface area contributed by atoms with Crippen LogP contribution in [0, 0.1) is 0 Å². The maximum atomic E-state index is 12.2. The number of unbranched alkanes of at least 4 members (excludes halogenated alkanes) is 3. The monoisotopic (exact) mass is 1410 g/mol. The number of benzene rings is 4. The zero-order valence-corrected chi connectivity index (χ0v) is 52.7. The minimum atomic E-state index is -1.06. The number of ether oxygens (including phenoxy) is 7. The van der Waals surface area contributed by atoms with Gasteiger partial charge in [-0.15, -0.1) is 0 Å². The fraction of sp³-hybridized carbons (Fsp3) is 0.453. The van der Waals surface area contributed by atoms with Crippen LogP contribution >= 0.6 is 95.6 Å². The van der Waals surface area contributed by atoms with Gasteiger partial charge in [-0.05, 0) is 174 Å². The molecule has 0 fully saturated rings. The molecular weight excluding hydrogens is 1350 g/mol. The zero-order chi connectivity index (χ0) is 55.6. The molecule has 5 rings (SSSR count). The summed E-state index contributed by atoms with van der Waals surface area (Å²) in [5.41, 5.74) is 4.53. The standard InChI is InChI=1S/C18H15Br2NO3.C15H21Br2NO3.C10H13Br2NO.C10H18O5/c19-12-9-13(20)11-14(10-12)24-8-4-3-7-21-17(22)15-5-1-2-6-16(15)18(21)23;1-15(2,3)21-14(19)18-6-4-5-7-20-13-9-11(16)8-12(17)10-13;11-8-5-9(12)7-10(6-8)14-4-2-1-3-13;1-9(2,3)14-7(11)13-8(12)15-10(4,5)6/h1-2,5-6,9-11H,3-4,7-8H2;8-10H,4-7H2,1-3H3,(H,18,19);5-7H,1-4,13H2;1-6H3. The molecular formula is C53H67Br6N3O12. The number of nitrogens with one attached hydrogen (secondary N) is 1. The lowest BCUT2D eigenvalue weighted by molar-refractivity contribution is -0.0294. The number of rotatable bonds is 17. The van der Waals surface area contributed by atoms with Crippen LogP contribution in [0.4, 0.5) is 14.4 Å². The van der Waals surface area contributed by atoms with E-state index in [0.29, 0.717) is 43.9 Å². The van der Waals surface area contributed by atoms with E-state index in [0.717, 1.165) is 89.3 Å². The van der Waals surface area contributed by atoms with E-state index in [9.17, 15) is 24.0 Å². The molecule has 0 atom stereocenters. The molecule has 0 unspecified atom stereocenters. The van der Waals surface area contributed by atoms with Gasteiger partial charge in [0, 0.05) is 39.9 Å². The molecule has 15 nitrogen and oxygen atoms in total. The second-order valence-corrected chi connectivity index (χ2v) is 24.5. The van der Waals surface area contributed by atoms with Crippen molar-refractivity contribution < 1.29 is 57.1 Å². The molecule has 0 saturated heterocycles. The summed E-state index contributed by atoms with van der Waals surface area (Å²) in [6.07, 6.45) is 2.69. The molecule has 4 aromatic carbocycles. The molecule has 1 aliphatic rings. The average Bonchev–Trinajstić information content (AvgIpc) is 3.49. The topological polar surface area (TPSA) is 191 Å². The second kappa shape index (κ2) is 33.4. The van der Waals surface area contributed by atoms with Crippen LogP contribution in [-0.4, -0.2) is 91.4 Å². The van der Waals surface area contributed by atoms with Gasteiger partial charge in [-0.2, -0.15) is 0 Å². The summed E-state index contributed by atoms with van der Waals surface area (Å²) in [5, 5.41) is 2.72. The summed E-state index contributed by atoms with van der Waals surface area (Å²) in [6, 6.07) is 24.4. The molecule has 4 aromatic rings. The highest BCUT2D eigenvalue weighted by Crippen LogP contribution is 2.28. The number of carbonyl (C=O) groups is 5. The summed E-state index contributed by atoms with van der Waals surface area (Å²) in [6.45, 7) is 19.1. The Morgan fingerprint density at radius 1 is 0.500 bits per heavy atom. The maximum absolute atomic E-state index is 12.2. The number of nitrogens with two attached hydrogens (primary N) is 1. The minimum Gasteiger partial charge on any atom is -0.494 e. The number of carbonyl (C=O) groups excluding carboxylic acids is 5. The Hall–Kier alpha value is -3.73. The molecule has 0 saturated carbocycles. The lowest BCUT2D eigenvalue weighted by atomic mass is 10.1. The minimum absolute atomic E-state index is 0.201. The molecule has 1 aliphatic heterocycles. The number of amides is 3. The van der Waals surface area contributed by atoms with Crippen LogP contribution in [0.2, 0.25) is 0 Å². The van der Waals surface area contributed by atoms with Crippen LogP contribution in [0.5, 0.6) is 17.2 Å². The van der Waals surface area contributed by atoms with E-state index in [2.05, 4.69) is 106 Å². The molecule has 0 radical (unpaired) electrons. The first-order valence-electron chi connectivity index (χ1n) is 23.6. The van der Waals surface area contributed by atoms with Crippen LogP contribution in [0.1, 0.15) is 122 Å². The fourth-order valence-corrected chi connectivity index (χ4v) is 9.56. The van der Waals surface area contributed by atoms with Gasteiger partial charge in [-0.3, -0.25) is 14.5 Å². The van der Waals surface area contributed by atoms with Crippen molar-refractivity contribution in [3.05, 3.63) is 117 Å². The summed E-state index contributed by atoms with van der Waals surface area (Å²) in [5.74, 6) is 2.07. The summed E-state index contributed by atoms with van der Waals surface area (Å²) < 4.78 is 41.7. The molecule has 0 spiro atoms. The molecule has 0 aliphatic carbocycles. The second-order valence-electron chi connectivity index (χ2n) is 19.0.